The standard InChI is InChI=1S/C29H43NO3Si2/c1-30-18-16-28-22-15-14-21(26(22)34(4,5)6)23(28)24(31)25(32-2)27(33-3)29(28,30)17-19-35(7,8)20-12-10-9-11-13-20/h9-15,21-23,26H,16-19H2,1-8H3/t21-,22-,23-,26-,28-,29-/m1/s1. The van der Waals surface area contributed by atoms with E-state index in [-0.39, 0.29) is 22.7 Å². The summed E-state index contributed by atoms with van der Waals surface area (Å²) in [5.41, 5.74) is 0.167. The number of carbonyl (C=O) groups is 1. The van der Waals surface area contributed by atoms with E-state index < -0.39 is 16.1 Å². The third-order valence-corrected chi connectivity index (χ3v) is 16.5. The van der Waals surface area contributed by atoms with E-state index in [0.29, 0.717) is 23.1 Å². The Morgan fingerprint density at radius 1 is 1.03 bits per heavy atom. The molecule has 0 amide bonds. The second kappa shape index (κ2) is 8.19. The summed E-state index contributed by atoms with van der Waals surface area (Å²) in [6.07, 6.45) is 6.98. The number of ketones is 1. The zero-order chi connectivity index (χ0) is 25.4. The van der Waals surface area contributed by atoms with Crippen LogP contribution in [0.3, 0.4) is 0 Å². The SMILES string of the molecule is COC1=C(OC)[C@@]2(CC[Si](C)(C)c3ccccc3)N(C)CC[C@]23[C@@H]2C=C[C@@H]([C@H]2[Si](C)(C)C)[C@@H]3C1=O. The molecule has 0 radical (unpaired) electrons. The van der Waals surface area contributed by atoms with Gasteiger partial charge in [-0.05, 0) is 43.8 Å². The molecule has 0 aromatic heterocycles. The average Bonchev–Trinajstić information content (AvgIpc) is 3.47. The lowest BCUT2D eigenvalue weighted by atomic mass is 9.52. The molecule has 2 bridgehead atoms. The summed E-state index contributed by atoms with van der Waals surface area (Å²) in [5, 5.41) is 1.50. The molecule has 5 rings (SSSR count). The number of Topliss-reactive ketones (excluding diaryl/α,β-unsaturated/α-hetero) is 1. The molecule has 1 heterocycles. The van der Waals surface area contributed by atoms with Crippen molar-refractivity contribution in [3.05, 3.63) is 54.0 Å². The zero-order valence-electron chi connectivity index (χ0n) is 22.9. The van der Waals surface area contributed by atoms with Crippen LogP contribution in [-0.2, 0) is 14.3 Å². The molecule has 0 N–H and O–H groups in total. The average molecular weight is 510 g/mol. The van der Waals surface area contributed by atoms with Gasteiger partial charge in [0.2, 0.25) is 11.5 Å². The van der Waals surface area contributed by atoms with Crippen molar-refractivity contribution in [1.29, 1.82) is 0 Å². The van der Waals surface area contributed by atoms with Crippen LogP contribution in [0.25, 0.3) is 0 Å². The van der Waals surface area contributed by atoms with Gasteiger partial charge in [0.15, 0.2) is 5.76 Å². The van der Waals surface area contributed by atoms with Crippen LogP contribution in [0.2, 0.25) is 44.3 Å². The molecular formula is C29H43NO3Si2. The smallest absolute Gasteiger partial charge is 0.205 e. The van der Waals surface area contributed by atoms with Crippen molar-refractivity contribution in [2.24, 2.45) is 23.2 Å². The largest absolute Gasteiger partial charge is 0.495 e. The maximum atomic E-state index is 14.2. The fourth-order valence-corrected chi connectivity index (χ4v) is 14.2. The van der Waals surface area contributed by atoms with E-state index in [9.17, 15) is 4.79 Å². The number of hydrogen-bond donors (Lipinski definition) is 0. The number of likely N-dealkylation sites (N-methyl/N-ethyl adjacent to an activating group) is 1. The van der Waals surface area contributed by atoms with Crippen LogP contribution >= 0.6 is 0 Å². The molecule has 1 aromatic carbocycles. The highest BCUT2D eigenvalue weighted by Gasteiger charge is 2.78. The highest BCUT2D eigenvalue weighted by molar-refractivity contribution is 6.89. The predicted molar refractivity (Wildman–Crippen MR) is 148 cm³/mol. The molecule has 6 heteroatoms. The van der Waals surface area contributed by atoms with Crippen LogP contribution in [-0.4, -0.2) is 60.2 Å². The number of methoxy groups -OCH3 is 2. The zero-order valence-corrected chi connectivity index (χ0v) is 24.9. The highest BCUT2D eigenvalue weighted by atomic mass is 28.3. The van der Waals surface area contributed by atoms with Crippen molar-refractivity contribution < 1.29 is 14.3 Å². The third kappa shape index (κ3) is 3.15. The van der Waals surface area contributed by atoms with Crippen LogP contribution < -0.4 is 5.19 Å². The first-order valence-electron chi connectivity index (χ1n) is 13.3. The van der Waals surface area contributed by atoms with Crippen LogP contribution in [0.5, 0.6) is 0 Å². The third-order valence-electron chi connectivity index (χ3n) is 10.3. The number of likely N-dealkylation sites (tertiary alicyclic amines) is 1. The van der Waals surface area contributed by atoms with E-state index >= 15 is 0 Å². The molecule has 3 aliphatic carbocycles. The molecule has 1 spiro atoms. The van der Waals surface area contributed by atoms with Crippen molar-refractivity contribution in [3.8, 4) is 0 Å². The fourth-order valence-electron chi connectivity index (χ4n) is 8.92. The van der Waals surface area contributed by atoms with E-state index in [0.717, 1.165) is 31.2 Å². The number of benzene rings is 1. The van der Waals surface area contributed by atoms with Crippen molar-refractivity contribution in [3.63, 3.8) is 0 Å². The second-order valence-corrected chi connectivity index (χ2v) is 23.4. The highest BCUT2D eigenvalue weighted by Crippen LogP contribution is 2.76. The van der Waals surface area contributed by atoms with Crippen molar-refractivity contribution in [2.45, 2.75) is 62.7 Å². The Morgan fingerprint density at radius 2 is 1.71 bits per heavy atom. The fraction of sp³-hybridized carbons (Fsp3) is 0.621. The number of nitrogens with zero attached hydrogens (tertiary/aromatic N) is 1. The van der Waals surface area contributed by atoms with Crippen LogP contribution in [0.15, 0.2) is 54.0 Å². The molecule has 4 aliphatic rings. The molecule has 1 saturated heterocycles. The molecule has 190 valence electrons. The van der Waals surface area contributed by atoms with Gasteiger partial charge in [-0.25, -0.2) is 0 Å². The van der Waals surface area contributed by atoms with Crippen LogP contribution in [0.1, 0.15) is 12.8 Å². The van der Waals surface area contributed by atoms with Gasteiger partial charge in [-0.3, -0.25) is 9.69 Å². The van der Waals surface area contributed by atoms with Crippen molar-refractivity contribution >= 4 is 27.1 Å². The van der Waals surface area contributed by atoms with Crippen molar-refractivity contribution in [1.82, 2.24) is 4.90 Å². The quantitative estimate of drug-likeness (QED) is 0.370. The Labute approximate surface area is 213 Å². The Balaban J connectivity index is 1.69. The van der Waals surface area contributed by atoms with Gasteiger partial charge < -0.3 is 9.47 Å². The van der Waals surface area contributed by atoms with Gasteiger partial charge in [-0.15, -0.1) is 0 Å². The monoisotopic (exact) mass is 509 g/mol. The number of fused-ring (bicyclic) bond motifs is 3. The summed E-state index contributed by atoms with van der Waals surface area (Å²) in [7, 11) is 2.44. The van der Waals surface area contributed by atoms with Gasteiger partial charge in [-0.2, -0.15) is 0 Å². The van der Waals surface area contributed by atoms with E-state index in [1.165, 1.54) is 5.19 Å². The first-order chi connectivity index (χ1) is 16.5. The summed E-state index contributed by atoms with van der Waals surface area (Å²) >= 11 is 0. The number of hydrogen-bond acceptors (Lipinski definition) is 4. The molecule has 35 heavy (non-hydrogen) atoms. The minimum Gasteiger partial charge on any atom is -0.495 e. The Morgan fingerprint density at radius 3 is 2.31 bits per heavy atom. The lowest BCUT2D eigenvalue weighted by molar-refractivity contribution is -0.137. The first-order valence-corrected chi connectivity index (χ1v) is 20.1. The first kappa shape index (κ1) is 25.0. The Kier molecular flexibility index (Phi) is 5.85. The summed E-state index contributed by atoms with van der Waals surface area (Å²) < 4.78 is 12.2. The number of rotatable bonds is 7. The van der Waals surface area contributed by atoms with Crippen LogP contribution in [0, 0.1) is 23.2 Å². The maximum absolute atomic E-state index is 14.2. The van der Waals surface area contributed by atoms with Gasteiger partial charge in [0.05, 0.1) is 27.8 Å². The van der Waals surface area contributed by atoms with E-state index in [2.05, 4.69) is 87.2 Å². The summed E-state index contributed by atoms with van der Waals surface area (Å²) in [6, 6.07) is 12.2. The molecule has 0 unspecified atom stereocenters. The topological polar surface area (TPSA) is 38.8 Å². The van der Waals surface area contributed by atoms with E-state index in [4.69, 9.17) is 9.47 Å². The normalized spacial score (nSPS) is 36.5. The van der Waals surface area contributed by atoms with Crippen molar-refractivity contribution in [2.75, 3.05) is 27.8 Å². The predicted octanol–water partition coefficient (Wildman–Crippen LogP) is 5.28. The summed E-state index contributed by atoms with van der Waals surface area (Å²) in [4.78, 5) is 16.7. The van der Waals surface area contributed by atoms with Gasteiger partial charge in [-0.1, -0.05) is 86.4 Å². The van der Waals surface area contributed by atoms with E-state index in [1.54, 1.807) is 14.2 Å². The van der Waals surface area contributed by atoms with Gasteiger partial charge in [0.1, 0.15) is 0 Å². The second-order valence-electron chi connectivity index (χ2n) is 13.1. The number of allylic oxidation sites excluding steroid dienone is 3. The lowest BCUT2D eigenvalue weighted by Crippen LogP contribution is -2.64. The molecule has 1 saturated carbocycles. The van der Waals surface area contributed by atoms with Crippen LogP contribution in [0.4, 0.5) is 0 Å². The molecule has 4 nitrogen and oxygen atoms in total. The molecule has 2 fully saturated rings. The number of carbonyl (C=O) groups excluding carboxylic acids is 1. The molecule has 6 atom stereocenters. The Bertz CT molecular complexity index is 1080. The van der Waals surface area contributed by atoms with E-state index in [1.807, 2.05) is 0 Å². The van der Waals surface area contributed by atoms with Gasteiger partial charge in [0, 0.05) is 19.4 Å². The van der Waals surface area contributed by atoms with Gasteiger partial charge in [0.25, 0.3) is 0 Å². The lowest BCUT2D eigenvalue weighted by Gasteiger charge is -2.56. The summed E-state index contributed by atoms with van der Waals surface area (Å²) in [5.74, 6) is 2.23. The number of ether oxygens (including phenoxy) is 2. The molecule has 1 aliphatic heterocycles. The molecule has 1 aromatic rings. The minimum atomic E-state index is -1.71. The minimum absolute atomic E-state index is 0.00507. The summed E-state index contributed by atoms with van der Waals surface area (Å²) in [6.45, 7) is 13.5. The Hall–Kier alpha value is -1.64. The maximum Gasteiger partial charge on any atom is 0.205 e. The van der Waals surface area contributed by atoms with Gasteiger partial charge >= 0.3 is 0 Å². The molecular weight excluding hydrogens is 466 g/mol.